The average molecular weight is 273 g/mol. The summed E-state index contributed by atoms with van der Waals surface area (Å²) in [6.45, 7) is 0. The van der Waals surface area contributed by atoms with Crippen molar-refractivity contribution in [1.82, 2.24) is 0 Å². The zero-order valence-corrected chi connectivity index (χ0v) is 10.3. The molecule has 1 N–H and O–H groups in total. The molecule has 0 saturated heterocycles. The first-order valence-corrected chi connectivity index (χ1v) is 5.55. The summed E-state index contributed by atoms with van der Waals surface area (Å²) < 4.78 is 11.2. The highest BCUT2D eigenvalue weighted by atomic mass is 79.9. The lowest BCUT2D eigenvalue weighted by atomic mass is 10.1. The third kappa shape index (κ3) is 1.72. The van der Waals surface area contributed by atoms with Gasteiger partial charge in [0.05, 0.1) is 24.3 Å². The molecule has 15 heavy (non-hydrogen) atoms. The highest BCUT2D eigenvalue weighted by Gasteiger charge is 2.44. The predicted molar refractivity (Wildman–Crippen MR) is 60.4 cm³/mol. The average Bonchev–Trinajstić information content (AvgIpc) is 2.96. The Morgan fingerprint density at radius 2 is 1.93 bits per heavy atom. The Morgan fingerprint density at radius 3 is 2.40 bits per heavy atom. The highest BCUT2D eigenvalue weighted by Crippen LogP contribution is 2.51. The molecule has 0 heterocycles. The second-order valence-electron chi connectivity index (χ2n) is 3.69. The van der Waals surface area contributed by atoms with Crippen LogP contribution in [0, 0.1) is 0 Å². The van der Waals surface area contributed by atoms with E-state index in [1.807, 2.05) is 12.1 Å². The zero-order valence-electron chi connectivity index (χ0n) is 8.71. The fourth-order valence-electron chi connectivity index (χ4n) is 1.64. The van der Waals surface area contributed by atoms with Gasteiger partial charge in [0.2, 0.25) is 0 Å². The summed E-state index contributed by atoms with van der Waals surface area (Å²) in [6.07, 6.45) is 1.61. The summed E-state index contributed by atoms with van der Waals surface area (Å²) in [5.41, 5.74) is 0.207. The third-order valence-electron chi connectivity index (χ3n) is 2.71. The van der Waals surface area contributed by atoms with Gasteiger partial charge in [-0.05, 0) is 34.8 Å². The molecule has 0 aliphatic heterocycles. The molecule has 1 aromatic rings. The fourth-order valence-corrected chi connectivity index (χ4v) is 2.49. The van der Waals surface area contributed by atoms with Crippen LogP contribution in [-0.4, -0.2) is 19.3 Å². The normalized spacial score (nSPS) is 17.3. The van der Waals surface area contributed by atoms with E-state index in [0.717, 1.165) is 22.9 Å². The van der Waals surface area contributed by atoms with Crippen LogP contribution in [0.4, 0.5) is 0 Å². The second-order valence-corrected chi connectivity index (χ2v) is 4.49. The molecule has 1 aliphatic rings. The summed E-state index contributed by atoms with van der Waals surface area (Å²) in [5, 5.41) is 10.0. The monoisotopic (exact) mass is 272 g/mol. The summed E-state index contributed by atoms with van der Waals surface area (Å²) in [6, 6.07) is 3.69. The van der Waals surface area contributed by atoms with Crippen molar-refractivity contribution in [1.29, 1.82) is 0 Å². The van der Waals surface area contributed by atoms with Gasteiger partial charge < -0.3 is 14.6 Å². The van der Waals surface area contributed by atoms with Crippen LogP contribution >= 0.6 is 15.9 Å². The van der Waals surface area contributed by atoms with Gasteiger partial charge in [-0.2, -0.15) is 0 Å². The molecule has 3 nitrogen and oxygen atoms in total. The van der Waals surface area contributed by atoms with E-state index in [1.54, 1.807) is 14.2 Å². The Balaban J connectivity index is 2.51. The summed E-state index contributed by atoms with van der Waals surface area (Å²) >= 11 is 3.44. The first-order valence-electron chi connectivity index (χ1n) is 4.76. The molecule has 1 aromatic carbocycles. The quantitative estimate of drug-likeness (QED) is 0.919. The standard InChI is InChI=1S/C11H13BrO3/c1-14-8-4-3-7(11(13)5-6-11)9(12)10(8)15-2/h3-4,13H,5-6H2,1-2H3. The van der Waals surface area contributed by atoms with Crippen molar-refractivity contribution in [3.63, 3.8) is 0 Å². The first kappa shape index (κ1) is 10.8. The molecule has 1 aliphatic carbocycles. The molecule has 1 fully saturated rings. The van der Waals surface area contributed by atoms with Gasteiger partial charge in [-0.1, -0.05) is 6.07 Å². The minimum atomic E-state index is -0.668. The van der Waals surface area contributed by atoms with E-state index in [1.165, 1.54) is 0 Å². The van der Waals surface area contributed by atoms with Gasteiger partial charge in [0, 0.05) is 5.56 Å². The topological polar surface area (TPSA) is 38.7 Å². The lowest BCUT2D eigenvalue weighted by Crippen LogP contribution is -2.06. The maximum atomic E-state index is 10.0. The van der Waals surface area contributed by atoms with Crippen LogP contribution in [0.15, 0.2) is 16.6 Å². The van der Waals surface area contributed by atoms with Crippen LogP contribution in [0.25, 0.3) is 0 Å². The number of aliphatic hydroxyl groups is 1. The van der Waals surface area contributed by atoms with E-state index in [2.05, 4.69) is 15.9 Å². The van der Waals surface area contributed by atoms with E-state index in [9.17, 15) is 5.11 Å². The van der Waals surface area contributed by atoms with Crippen molar-refractivity contribution in [2.75, 3.05) is 14.2 Å². The maximum Gasteiger partial charge on any atom is 0.175 e. The Labute approximate surface area is 97.1 Å². The molecule has 0 spiro atoms. The van der Waals surface area contributed by atoms with Gasteiger partial charge in [0.25, 0.3) is 0 Å². The largest absolute Gasteiger partial charge is 0.493 e. The summed E-state index contributed by atoms with van der Waals surface area (Å²) in [4.78, 5) is 0. The minimum absolute atomic E-state index is 0.635. The molecule has 1 saturated carbocycles. The van der Waals surface area contributed by atoms with Crippen molar-refractivity contribution < 1.29 is 14.6 Å². The smallest absolute Gasteiger partial charge is 0.175 e. The van der Waals surface area contributed by atoms with Crippen LogP contribution < -0.4 is 9.47 Å². The number of ether oxygens (including phenoxy) is 2. The summed E-state index contributed by atoms with van der Waals surface area (Å²) in [5.74, 6) is 1.30. The molecule has 0 amide bonds. The number of rotatable bonds is 3. The number of methoxy groups -OCH3 is 2. The van der Waals surface area contributed by atoms with Gasteiger partial charge in [-0.3, -0.25) is 0 Å². The number of hydrogen-bond acceptors (Lipinski definition) is 3. The molecule has 0 atom stereocenters. The molecular weight excluding hydrogens is 260 g/mol. The Kier molecular flexibility index (Phi) is 2.64. The van der Waals surface area contributed by atoms with Gasteiger partial charge in [-0.15, -0.1) is 0 Å². The SMILES string of the molecule is COc1ccc(C2(O)CC2)c(Br)c1OC. The number of hydrogen-bond donors (Lipinski definition) is 1. The van der Waals surface area contributed by atoms with E-state index in [-0.39, 0.29) is 0 Å². The van der Waals surface area contributed by atoms with Crippen molar-refractivity contribution in [3.8, 4) is 11.5 Å². The summed E-state index contributed by atoms with van der Waals surface area (Å²) in [7, 11) is 3.18. The predicted octanol–water partition coefficient (Wildman–Crippen LogP) is 2.45. The van der Waals surface area contributed by atoms with Gasteiger partial charge in [0.15, 0.2) is 11.5 Å². The van der Waals surface area contributed by atoms with E-state index >= 15 is 0 Å². The fraction of sp³-hybridized carbons (Fsp3) is 0.455. The molecule has 0 aromatic heterocycles. The molecule has 0 bridgehead atoms. The molecule has 82 valence electrons. The Morgan fingerprint density at radius 1 is 1.27 bits per heavy atom. The number of benzene rings is 1. The first-order chi connectivity index (χ1) is 7.12. The van der Waals surface area contributed by atoms with Crippen LogP contribution in [0.3, 0.4) is 0 Å². The van der Waals surface area contributed by atoms with Crippen LogP contribution in [-0.2, 0) is 5.60 Å². The van der Waals surface area contributed by atoms with E-state index in [0.29, 0.717) is 11.5 Å². The molecule has 2 rings (SSSR count). The van der Waals surface area contributed by atoms with Crippen molar-refractivity contribution in [2.45, 2.75) is 18.4 Å². The van der Waals surface area contributed by atoms with Gasteiger partial charge >= 0.3 is 0 Å². The van der Waals surface area contributed by atoms with Gasteiger partial charge in [-0.25, -0.2) is 0 Å². The van der Waals surface area contributed by atoms with E-state index < -0.39 is 5.60 Å². The van der Waals surface area contributed by atoms with Crippen LogP contribution in [0.1, 0.15) is 18.4 Å². The Hall–Kier alpha value is -0.740. The van der Waals surface area contributed by atoms with E-state index in [4.69, 9.17) is 9.47 Å². The molecular formula is C11H13BrO3. The van der Waals surface area contributed by atoms with Crippen LogP contribution in [0.2, 0.25) is 0 Å². The highest BCUT2D eigenvalue weighted by molar-refractivity contribution is 9.10. The van der Waals surface area contributed by atoms with Crippen molar-refractivity contribution in [2.24, 2.45) is 0 Å². The maximum absolute atomic E-state index is 10.0. The van der Waals surface area contributed by atoms with Crippen molar-refractivity contribution >= 4 is 15.9 Å². The molecule has 0 radical (unpaired) electrons. The Bertz CT molecular complexity index is 386. The van der Waals surface area contributed by atoms with Crippen LogP contribution in [0.5, 0.6) is 11.5 Å². The molecule has 4 heteroatoms. The third-order valence-corrected chi connectivity index (χ3v) is 3.50. The number of halogens is 1. The molecule has 0 unspecified atom stereocenters. The van der Waals surface area contributed by atoms with Crippen molar-refractivity contribution in [3.05, 3.63) is 22.2 Å². The lowest BCUT2D eigenvalue weighted by Gasteiger charge is -2.16. The van der Waals surface area contributed by atoms with Gasteiger partial charge in [0.1, 0.15) is 0 Å². The minimum Gasteiger partial charge on any atom is -0.493 e. The lowest BCUT2D eigenvalue weighted by molar-refractivity contribution is 0.150. The zero-order chi connectivity index (χ0) is 11.1. The second kappa shape index (κ2) is 3.68.